The van der Waals surface area contributed by atoms with Gasteiger partial charge in [-0.15, -0.1) is 0 Å². The van der Waals surface area contributed by atoms with Crippen LogP contribution in [0.5, 0.6) is 0 Å². The lowest BCUT2D eigenvalue weighted by Gasteiger charge is -2.19. The van der Waals surface area contributed by atoms with Gasteiger partial charge in [-0.1, -0.05) is 5.16 Å². The zero-order chi connectivity index (χ0) is 14.7. The SMILES string of the molecule is CN(C)CCCN(C)c1ncc([N+](=O)[O-])c2oncc12. The summed E-state index contributed by atoms with van der Waals surface area (Å²) in [5.74, 6) is 0.644. The molecule has 0 radical (unpaired) electrons. The molecule has 108 valence electrons. The molecule has 20 heavy (non-hydrogen) atoms. The van der Waals surface area contributed by atoms with Gasteiger partial charge in [-0.05, 0) is 27.1 Å². The Labute approximate surface area is 116 Å². The van der Waals surface area contributed by atoms with Crippen LogP contribution in [0.1, 0.15) is 6.42 Å². The predicted octanol–water partition coefficient (Wildman–Crippen LogP) is 1.52. The van der Waals surface area contributed by atoms with Gasteiger partial charge in [-0.25, -0.2) is 4.98 Å². The molecule has 0 unspecified atom stereocenters. The molecule has 2 aromatic heterocycles. The summed E-state index contributed by atoms with van der Waals surface area (Å²) in [5, 5.41) is 15.1. The third-order valence-electron chi connectivity index (χ3n) is 3.01. The second-order valence-corrected chi connectivity index (χ2v) is 4.87. The van der Waals surface area contributed by atoms with Gasteiger partial charge >= 0.3 is 5.69 Å². The summed E-state index contributed by atoms with van der Waals surface area (Å²) in [6.07, 6.45) is 3.65. The molecule has 8 heteroatoms. The quantitative estimate of drug-likeness (QED) is 0.585. The fraction of sp³-hybridized carbons (Fsp3) is 0.500. The van der Waals surface area contributed by atoms with Crippen molar-refractivity contribution in [2.75, 3.05) is 39.1 Å². The van der Waals surface area contributed by atoms with E-state index in [0.29, 0.717) is 11.2 Å². The number of nitrogens with zero attached hydrogens (tertiary/aromatic N) is 5. The van der Waals surface area contributed by atoms with Crippen molar-refractivity contribution < 1.29 is 9.45 Å². The zero-order valence-corrected chi connectivity index (χ0v) is 11.7. The normalized spacial score (nSPS) is 11.2. The van der Waals surface area contributed by atoms with E-state index in [2.05, 4.69) is 15.0 Å². The van der Waals surface area contributed by atoms with Crippen LogP contribution in [-0.4, -0.2) is 54.2 Å². The molecule has 0 aliphatic heterocycles. The molecule has 8 nitrogen and oxygen atoms in total. The predicted molar refractivity (Wildman–Crippen MR) is 74.9 cm³/mol. The van der Waals surface area contributed by atoms with Gasteiger partial charge in [-0.3, -0.25) is 10.1 Å². The fourth-order valence-corrected chi connectivity index (χ4v) is 2.00. The molecule has 2 aromatic rings. The highest BCUT2D eigenvalue weighted by molar-refractivity contribution is 5.93. The Morgan fingerprint density at radius 3 is 2.70 bits per heavy atom. The third kappa shape index (κ3) is 2.85. The number of anilines is 1. The summed E-state index contributed by atoms with van der Waals surface area (Å²) >= 11 is 0. The van der Waals surface area contributed by atoms with Crippen LogP contribution in [0.25, 0.3) is 11.0 Å². The molecule has 0 N–H and O–H groups in total. The van der Waals surface area contributed by atoms with E-state index in [0.717, 1.165) is 19.5 Å². The van der Waals surface area contributed by atoms with Gasteiger partial charge in [-0.2, -0.15) is 0 Å². The van der Waals surface area contributed by atoms with Crippen molar-refractivity contribution in [1.82, 2.24) is 15.0 Å². The average Bonchev–Trinajstić information content (AvgIpc) is 2.85. The Kier molecular flexibility index (Phi) is 4.14. The van der Waals surface area contributed by atoms with Gasteiger partial charge in [0.15, 0.2) is 0 Å². The molecule has 0 atom stereocenters. The number of hydrogen-bond acceptors (Lipinski definition) is 7. The minimum atomic E-state index is -0.518. The minimum Gasteiger partial charge on any atom is -0.359 e. The molecule has 0 spiro atoms. The first kappa shape index (κ1) is 14.2. The van der Waals surface area contributed by atoms with Crippen molar-refractivity contribution in [2.24, 2.45) is 0 Å². The van der Waals surface area contributed by atoms with Crippen LogP contribution in [0.15, 0.2) is 16.9 Å². The van der Waals surface area contributed by atoms with E-state index >= 15 is 0 Å². The first-order valence-electron chi connectivity index (χ1n) is 6.24. The van der Waals surface area contributed by atoms with E-state index < -0.39 is 4.92 Å². The number of aromatic nitrogens is 2. The largest absolute Gasteiger partial charge is 0.359 e. The van der Waals surface area contributed by atoms with Crippen molar-refractivity contribution in [3.8, 4) is 0 Å². The molecule has 2 heterocycles. The lowest BCUT2D eigenvalue weighted by Crippen LogP contribution is -2.24. The third-order valence-corrected chi connectivity index (χ3v) is 3.01. The van der Waals surface area contributed by atoms with E-state index in [1.165, 1.54) is 12.4 Å². The van der Waals surface area contributed by atoms with Crippen molar-refractivity contribution in [1.29, 1.82) is 0 Å². The van der Waals surface area contributed by atoms with E-state index in [4.69, 9.17) is 4.52 Å². The van der Waals surface area contributed by atoms with Crippen molar-refractivity contribution in [2.45, 2.75) is 6.42 Å². The van der Waals surface area contributed by atoms with Crippen LogP contribution < -0.4 is 4.90 Å². The molecular formula is C12H17N5O3. The summed E-state index contributed by atoms with van der Waals surface area (Å²) in [6, 6.07) is 0. The molecule has 0 aromatic carbocycles. The maximum absolute atomic E-state index is 10.9. The van der Waals surface area contributed by atoms with Crippen molar-refractivity contribution >= 4 is 22.5 Å². The van der Waals surface area contributed by atoms with Gasteiger partial charge in [0.25, 0.3) is 0 Å². The molecule has 2 rings (SSSR count). The topological polar surface area (TPSA) is 88.5 Å². The van der Waals surface area contributed by atoms with E-state index in [1.807, 2.05) is 26.0 Å². The number of rotatable bonds is 6. The smallest absolute Gasteiger partial charge is 0.333 e. The Hall–Kier alpha value is -2.22. The summed E-state index contributed by atoms with van der Waals surface area (Å²) in [6.45, 7) is 1.76. The lowest BCUT2D eigenvalue weighted by atomic mass is 10.2. The highest BCUT2D eigenvalue weighted by Gasteiger charge is 2.21. The molecule has 0 aliphatic rings. The van der Waals surface area contributed by atoms with Crippen LogP contribution in [0, 0.1) is 10.1 Å². The van der Waals surface area contributed by atoms with E-state index in [9.17, 15) is 10.1 Å². The Morgan fingerprint density at radius 2 is 2.05 bits per heavy atom. The first-order chi connectivity index (χ1) is 9.50. The van der Waals surface area contributed by atoms with Gasteiger partial charge < -0.3 is 14.3 Å². The molecule has 0 bridgehead atoms. The standard InChI is InChI=1S/C12H17N5O3/c1-15(2)5-4-6-16(3)12-9-7-14-20-11(9)10(8-13-12)17(18)19/h7-8H,4-6H2,1-3H3. The lowest BCUT2D eigenvalue weighted by molar-refractivity contribution is -0.384. The number of fused-ring (bicyclic) bond motifs is 1. The van der Waals surface area contributed by atoms with Gasteiger partial charge in [0.1, 0.15) is 12.0 Å². The second-order valence-electron chi connectivity index (χ2n) is 4.87. The maximum Gasteiger partial charge on any atom is 0.333 e. The van der Waals surface area contributed by atoms with Gasteiger partial charge in [0, 0.05) is 13.6 Å². The number of pyridine rings is 1. The summed E-state index contributed by atoms with van der Waals surface area (Å²) in [7, 11) is 5.93. The Morgan fingerprint density at radius 1 is 1.30 bits per heavy atom. The van der Waals surface area contributed by atoms with Crippen LogP contribution >= 0.6 is 0 Å². The zero-order valence-electron chi connectivity index (χ0n) is 11.7. The van der Waals surface area contributed by atoms with Crippen LogP contribution in [0.3, 0.4) is 0 Å². The highest BCUT2D eigenvalue weighted by Crippen LogP contribution is 2.30. The summed E-state index contributed by atoms with van der Waals surface area (Å²) in [4.78, 5) is 18.6. The minimum absolute atomic E-state index is 0.164. The molecular weight excluding hydrogens is 262 g/mol. The van der Waals surface area contributed by atoms with E-state index in [-0.39, 0.29) is 11.3 Å². The fourth-order valence-electron chi connectivity index (χ4n) is 2.00. The Balaban J connectivity index is 2.24. The van der Waals surface area contributed by atoms with Crippen LogP contribution in [0.2, 0.25) is 0 Å². The number of nitro groups is 1. The van der Waals surface area contributed by atoms with Crippen molar-refractivity contribution in [3.05, 3.63) is 22.5 Å². The van der Waals surface area contributed by atoms with Crippen LogP contribution in [-0.2, 0) is 0 Å². The summed E-state index contributed by atoms with van der Waals surface area (Å²) < 4.78 is 4.98. The summed E-state index contributed by atoms with van der Waals surface area (Å²) in [5.41, 5.74) is 0.00222. The molecule has 0 amide bonds. The number of hydrogen-bond donors (Lipinski definition) is 0. The van der Waals surface area contributed by atoms with E-state index in [1.54, 1.807) is 0 Å². The molecule has 0 saturated heterocycles. The van der Waals surface area contributed by atoms with Crippen molar-refractivity contribution in [3.63, 3.8) is 0 Å². The second kappa shape index (κ2) is 5.83. The molecule has 0 aliphatic carbocycles. The van der Waals surface area contributed by atoms with Crippen LogP contribution in [0.4, 0.5) is 11.5 Å². The maximum atomic E-state index is 10.9. The average molecular weight is 279 g/mol. The molecule has 0 fully saturated rings. The highest BCUT2D eigenvalue weighted by atomic mass is 16.6. The molecule has 0 saturated carbocycles. The first-order valence-corrected chi connectivity index (χ1v) is 6.24. The van der Waals surface area contributed by atoms with Gasteiger partial charge in [0.05, 0.1) is 16.5 Å². The Bertz CT molecular complexity index is 610. The monoisotopic (exact) mass is 279 g/mol. The van der Waals surface area contributed by atoms with Gasteiger partial charge in [0.2, 0.25) is 5.58 Å².